The number of nitrogens with one attached hydrogen (secondary N) is 1. The van der Waals surface area contributed by atoms with Gasteiger partial charge in [-0.25, -0.2) is 4.99 Å². The quantitative estimate of drug-likeness (QED) is 0.269. The van der Waals surface area contributed by atoms with Crippen molar-refractivity contribution < 1.29 is 19.1 Å². The highest BCUT2D eigenvalue weighted by Crippen LogP contribution is 2.36. The number of carbonyl (C=O) groups is 2. The molecule has 1 aliphatic heterocycles. The Morgan fingerprint density at radius 2 is 1.77 bits per heavy atom. The van der Waals surface area contributed by atoms with Crippen LogP contribution in [0.25, 0.3) is 6.08 Å². The van der Waals surface area contributed by atoms with Gasteiger partial charge in [0.25, 0.3) is 11.8 Å². The highest BCUT2D eigenvalue weighted by atomic mass is 32.2. The van der Waals surface area contributed by atoms with Gasteiger partial charge in [-0.1, -0.05) is 55.3 Å². The van der Waals surface area contributed by atoms with Crippen molar-refractivity contribution in [1.29, 1.82) is 0 Å². The van der Waals surface area contributed by atoms with E-state index in [4.69, 9.17) is 14.5 Å². The second-order valence-electron chi connectivity index (χ2n) is 8.99. The van der Waals surface area contributed by atoms with Gasteiger partial charge in [-0.3, -0.25) is 14.5 Å². The molecule has 3 aromatic rings. The zero-order valence-corrected chi connectivity index (χ0v) is 23.3. The summed E-state index contributed by atoms with van der Waals surface area (Å²) in [5.74, 6) is 0.635. The minimum atomic E-state index is -0.268. The van der Waals surface area contributed by atoms with E-state index in [1.165, 1.54) is 11.8 Å². The SMILES string of the molecule is CCCCN1C(=O)/C(=C\c2ccc(OCC(=O)Nc3ccccc3)c(OCC)c2)SC1=Nc1ccc(C)cc1. The molecule has 0 spiro atoms. The van der Waals surface area contributed by atoms with Crippen molar-refractivity contribution in [1.82, 2.24) is 4.90 Å². The van der Waals surface area contributed by atoms with Crippen LogP contribution in [0.2, 0.25) is 0 Å². The number of rotatable bonds is 11. The van der Waals surface area contributed by atoms with E-state index in [1.54, 1.807) is 11.0 Å². The minimum absolute atomic E-state index is 0.0600. The van der Waals surface area contributed by atoms with E-state index >= 15 is 0 Å². The average molecular weight is 544 g/mol. The molecule has 1 saturated heterocycles. The number of aliphatic imine (C=N–C) groups is 1. The first kappa shape index (κ1) is 28.0. The first-order valence-electron chi connectivity index (χ1n) is 13.1. The lowest BCUT2D eigenvalue weighted by molar-refractivity contribution is -0.122. The molecule has 0 bridgehead atoms. The molecule has 8 heteroatoms. The van der Waals surface area contributed by atoms with Crippen molar-refractivity contribution in [2.24, 2.45) is 4.99 Å². The van der Waals surface area contributed by atoms with Crippen LogP contribution in [0.3, 0.4) is 0 Å². The number of aryl methyl sites for hydroxylation is 1. The van der Waals surface area contributed by atoms with Crippen molar-refractivity contribution in [2.75, 3.05) is 25.1 Å². The Morgan fingerprint density at radius 1 is 1.00 bits per heavy atom. The fraction of sp³-hybridized carbons (Fsp3) is 0.258. The summed E-state index contributed by atoms with van der Waals surface area (Å²) in [5, 5.41) is 3.48. The van der Waals surface area contributed by atoms with Gasteiger partial charge in [0.2, 0.25) is 0 Å². The largest absolute Gasteiger partial charge is 0.490 e. The zero-order valence-electron chi connectivity index (χ0n) is 22.5. The molecule has 0 atom stereocenters. The van der Waals surface area contributed by atoms with Crippen molar-refractivity contribution in [3.05, 3.63) is 88.8 Å². The molecular weight excluding hydrogens is 510 g/mol. The Morgan fingerprint density at radius 3 is 2.49 bits per heavy atom. The molecule has 39 heavy (non-hydrogen) atoms. The summed E-state index contributed by atoms with van der Waals surface area (Å²) in [6.45, 7) is 6.91. The molecule has 1 heterocycles. The molecule has 3 aromatic carbocycles. The molecule has 0 radical (unpaired) electrons. The molecule has 0 unspecified atom stereocenters. The van der Waals surface area contributed by atoms with Crippen LogP contribution in [0.1, 0.15) is 37.8 Å². The Labute approximate surface area is 233 Å². The van der Waals surface area contributed by atoms with Gasteiger partial charge >= 0.3 is 0 Å². The Kier molecular flexibility index (Phi) is 9.80. The first-order valence-corrected chi connectivity index (χ1v) is 13.9. The molecule has 202 valence electrons. The maximum atomic E-state index is 13.3. The summed E-state index contributed by atoms with van der Waals surface area (Å²) >= 11 is 1.37. The molecule has 0 aliphatic carbocycles. The molecule has 1 N–H and O–H groups in total. The fourth-order valence-corrected chi connectivity index (χ4v) is 4.87. The zero-order chi connectivity index (χ0) is 27.6. The standard InChI is InChI=1S/C31H33N3O4S/c1-4-6-18-34-30(36)28(39-31(34)33-25-15-12-22(3)13-16-25)20-23-14-17-26(27(19-23)37-5-2)38-21-29(35)32-24-10-8-7-9-11-24/h7-17,19-20H,4-6,18,21H2,1-3H3,(H,32,35)/b28-20+,33-31?. The molecule has 1 fully saturated rings. The lowest BCUT2D eigenvalue weighted by atomic mass is 10.2. The number of hydrogen-bond acceptors (Lipinski definition) is 6. The maximum Gasteiger partial charge on any atom is 0.266 e. The normalized spacial score (nSPS) is 15.2. The summed E-state index contributed by atoms with van der Waals surface area (Å²) in [4.78, 5) is 32.8. The van der Waals surface area contributed by atoms with E-state index in [9.17, 15) is 9.59 Å². The molecule has 4 rings (SSSR count). The average Bonchev–Trinajstić information content (AvgIpc) is 3.22. The van der Waals surface area contributed by atoms with Crippen LogP contribution in [-0.4, -0.2) is 41.6 Å². The Bertz CT molecular complexity index is 1350. The maximum absolute atomic E-state index is 13.3. The monoisotopic (exact) mass is 543 g/mol. The number of carbonyl (C=O) groups excluding carboxylic acids is 2. The Balaban J connectivity index is 1.51. The van der Waals surface area contributed by atoms with Gasteiger partial charge in [-0.2, -0.15) is 0 Å². The number of anilines is 1. The van der Waals surface area contributed by atoms with Crippen molar-refractivity contribution in [2.45, 2.75) is 33.6 Å². The molecule has 0 aromatic heterocycles. The lowest BCUT2D eigenvalue weighted by Gasteiger charge is -2.15. The number of nitrogens with zero attached hydrogens (tertiary/aromatic N) is 2. The first-order chi connectivity index (χ1) is 19.0. The van der Waals surface area contributed by atoms with Crippen molar-refractivity contribution >= 4 is 46.2 Å². The molecule has 2 amide bonds. The molecular formula is C31H33N3O4S. The third-order valence-electron chi connectivity index (χ3n) is 5.86. The molecule has 7 nitrogen and oxygen atoms in total. The summed E-state index contributed by atoms with van der Waals surface area (Å²) in [5.41, 5.74) is 3.47. The van der Waals surface area contributed by atoms with Crippen LogP contribution in [0.4, 0.5) is 11.4 Å². The van der Waals surface area contributed by atoms with Crippen LogP contribution in [0.15, 0.2) is 82.7 Å². The Hall–Kier alpha value is -4.04. The van der Waals surface area contributed by atoms with E-state index in [2.05, 4.69) is 12.2 Å². The van der Waals surface area contributed by atoms with E-state index < -0.39 is 0 Å². The predicted molar refractivity (Wildman–Crippen MR) is 159 cm³/mol. The third-order valence-corrected chi connectivity index (χ3v) is 6.87. The summed E-state index contributed by atoms with van der Waals surface area (Å²) in [6, 6.07) is 22.6. The number of para-hydroxylation sites is 1. The summed E-state index contributed by atoms with van der Waals surface area (Å²) < 4.78 is 11.6. The van der Waals surface area contributed by atoms with Crippen LogP contribution in [0, 0.1) is 6.92 Å². The van der Waals surface area contributed by atoms with E-state index in [1.807, 2.05) is 86.7 Å². The number of thioether (sulfide) groups is 1. The smallest absolute Gasteiger partial charge is 0.266 e. The second kappa shape index (κ2) is 13.7. The van der Waals surface area contributed by atoms with Gasteiger partial charge in [0.15, 0.2) is 23.3 Å². The van der Waals surface area contributed by atoms with E-state index in [0.717, 1.165) is 29.7 Å². The fourth-order valence-electron chi connectivity index (χ4n) is 3.85. The number of amidine groups is 1. The highest BCUT2D eigenvalue weighted by molar-refractivity contribution is 8.18. The van der Waals surface area contributed by atoms with Gasteiger partial charge in [0, 0.05) is 12.2 Å². The number of hydrogen-bond donors (Lipinski definition) is 1. The van der Waals surface area contributed by atoms with Gasteiger partial charge in [0.1, 0.15) is 0 Å². The minimum Gasteiger partial charge on any atom is -0.490 e. The summed E-state index contributed by atoms with van der Waals surface area (Å²) in [6.07, 6.45) is 3.72. The van der Waals surface area contributed by atoms with Gasteiger partial charge in [-0.05, 0) is 80.1 Å². The van der Waals surface area contributed by atoms with E-state index in [-0.39, 0.29) is 18.4 Å². The van der Waals surface area contributed by atoms with Crippen LogP contribution in [-0.2, 0) is 9.59 Å². The number of unbranched alkanes of at least 4 members (excludes halogenated alkanes) is 1. The number of ether oxygens (including phenoxy) is 2. The van der Waals surface area contributed by atoms with Crippen LogP contribution >= 0.6 is 11.8 Å². The van der Waals surface area contributed by atoms with Gasteiger partial charge in [-0.15, -0.1) is 0 Å². The molecule has 1 aliphatic rings. The number of amides is 2. The third kappa shape index (κ3) is 7.74. The van der Waals surface area contributed by atoms with Crippen LogP contribution < -0.4 is 14.8 Å². The van der Waals surface area contributed by atoms with Gasteiger partial charge < -0.3 is 14.8 Å². The van der Waals surface area contributed by atoms with E-state index in [0.29, 0.717) is 40.4 Å². The van der Waals surface area contributed by atoms with Crippen LogP contribution in [0.5, 0.6) is 11.5 Å². The highest BCUT2D eigenvalue weighted by Gasteiger charge is 2.33. The molecule has 0 saturated carbocycles. The predicted octanol–water partition coefficient (Wildman–Crippen LogP) is 6.82. The second-order valence-corrected chi connectivity index (χ2v) is 10.0. The van der Waals surface area contributed by atoms with Crippen molar-refractivity contribution in [3.8, 4) is 11.5 Å². The summed E-state index contributed by atoms with van der Waals surface area (Å²) in [7, 11) is 0. The van der Waals surface area contributed by atoms with Gasteiger partial charge in [0.05, 0.1) is 17.2 Å². The number of benzene rings is 3. The van der Waals surface area contributed by atoms with Crippen molar-refractivity contribution in [3.63, 3.8) is 0 Å². The lowest BCUT2D eigenvalue weighted by Crippen LogP contribution is -2.30. The topological polar surface area (TPSA) is 80.2 Å².